The molecule has 1 heterocycles. The number of fused-ring (bicyclic) bond motifs is 1. The van der Waals surface area contributed by atoms with Gasteiger partial charge in [0.25, 0.3) is 11.8 Å². The van der Waals surface area contributed by atoms with Gasteiger partial charge in [0.2, 0.25) is 0 Å². The average Bonchev–Trinajstić information content (AvgIpc) is 2.81. The van der Waals surface area contributed by atoms with E-state index in [-0.39, 0.29) is 18.4 Å². The fourth-order valence-electron chi connectivity index (χ4n) is 3.62. The van der Waals surface area contributed by atoms with Gasteiger partial charge >= 0.3 is 0 Å². The van der Waals surface area contributed by atoms with E-state index in [0.717, 1.165) is 24.1 Å². The quantitative estimate of drug-likeness (QED) is 0.681. The van der Waals surface area contributed by atoms with Crippen LogP contribution in [0.5, 0.6) is 5.75 Å². The zero-order valence-electron chi connectivity index (χ0n) is 16.7. The molecule has 0 aromatic heterocycles. The molecule has 30 heavy (non-hydrogen) atoms. The number of ether oxygens (including phenoxy) is 1. The molecule has 0 aliphatic carbocycles. The second kappa shape index (κ2) is 9.27. The van der Waals surface area contributed by atoms with Crippen LogP contribution >= 0.6 is 0 Å². The Labute approximate surface area is 176 Å². The van der Waals surface area contributed by atoms with Crippen LogP contribution in [0.15, 0.2) is 78.9 Å². The van der Waals surface area contributed by atoms with Gasteiger partial charge < -0.3 is 15.0 Å². The van der Waals surface area contributed by atoms with E-state index < -0.39 is 0 Å². The second-order valence-corrected chi connectivity index (χ2v) is 7.26. The topological polar surface area (TPSA) is 58.6 Å². The number of para-hydroxylation sites is 1. The van der Waals surface area contributed by atoms with Gasteiger partial charge in [-0.15, -0.1) is 0 Å². The van der Waals surface area contributed by atoms with E-state index in [0.29, 0.717) is 24.4 Å². The summed E-state index contributed by atoms with van der Waals surface area (Å²) in [6, 6.07) is 24.6. The first-order valence-corrected chi connectivity index (χ1v) is 10.1. The van der Waals surface area contributed by atoms with Gasteiger partial charge in [0.1, 0.15) is 5.75 Å². The molecule has 0 radical (unpaired) electrons. The Hall–Kier alpha value is -3.60. The number of hydrogen-bond donors (Lipinski definition) is 1. The summed E-state index contributed by atoms with van der Waals surface area (Å²) in [5.74, 6) is 0.239. The molecule has 152 valence electrons. The molecular weight excluding hydrogens is 376 g/mol. The van der Waals surface area contributed by atoms with E-state index in [4.69, 9.17) is 4.74 Å². The smallest absolute Gasteiger partial charge is 0.264 e. The normalized spacial score (nSPS) is 12.7. The van der Waals surface area contributed by atoms with E-state index >= 15 is 0 Å². The maximum atomic E-state index is 12.7. The third kappa shape index (κ3) is 4.69. The lowest BCUT2D eigenvalue weighted by Gasteiger charge is -2.29. The average molecular weight is 400 g/mol. The zero-order chi connectivity index (χ0) is 20.8. The summed E-state index contributed by atoms with van der Waals surface area (Å²) < 4.78 is 5.72. The summed E-state index contributed by atoms with van der Waals surface area (Å²) in [7, 11) is 0. The molecule has 1 aliphatic heterocycles. The van der Waals surface area contributed by atoms with Crippen LogP contribution in [0.2, 0.25) is 0 Å². The van der Waals surface area contributed by atoms with Crippen molar-refractivity contribution in [2.45, 2.75) is 19.4 Å². The van der Waals surface area contributed by atoms with Crippen LogP contribution in [0.25, 0.3) is 0 Å². The van der Waals surface area contributed by atoms with Gasteiger partial charge in [0, 0.05) is 24.3 Å². The fourth-order valence-corrected chi connectivity index (χ4v) is 3.62. The molecule has 0 saturated carbocycles. The largest absolute Gasteiger partial charge is 0.484 e. The molecule has 0 bridgehead atoms. The van der Waals surface area contributed by atoms with Crippen molar-refractivity contribution in [3.05, 3.63) is 95.6 Å². The first kappa shape index (κ1) is 19.7. The molecule has 4 rings (SSSR count). The lowest BCUT2D eigenvalue weighted by atomic mass is 10.0. The molecule has 0 fully saturated rings. The second-order valence-electron chi connectivity index (χ2n) is 7.26. The number of rotatable bonds is 6. The van der Waals surface area contributed by atoms with Crippen molar-refractivity contribution < 1.29 is 14.3 Å². The van der Waals surface area contributed by atoms with Crippen LogP contribution in [0.1, 0.15) is 27.9 Å². The molecule has 3 aromatic carbocycles. The Morgan fingerprint density at radius 2 is 1.73 bits per heavy atom. The van der Waals surface area contributed by atoms with Gasteiger partial charge in [-0.25, -0.2) is 0 Å². The zero-order valence-corrected chi connectivity index (χ0v) is 16.7. The highest BCUT2D eigenvalue weighted by molar-refractivity contribution is 5.96. The molecule has 1 N–H and O–H groups in total. The molecule has 0 unspecified atom stereocenters. The van der Waals surface area contributed by atoms with Gasteiger partial charge in [-0.2, -0.15) is 0 Å². The molecule has 3 aromatic rings. The first-order chi connectivity index (χ1) is 14.7. The molecule has 0 spiro atoms. The van der Waals surface area contributed by atoms with Gasteiger partial charge in [-0.1, -0.05) is 54.6 Å². The fraction of sp³-hybridized carbons (Fsp3) is 0.200. The van der Waals surface area contributed by atoms with Crippen LogP contribution < -0.4 is 15.0 Å². The number of carbonyl (C=O) groups is 2. The van der Waals surface area contributed by atoms with E-state index in [1.807, 2.05) is 48.5 Å². The van der Waals surface area contributed by atoms with Crippen LogP contribution in [-0.4, -0.2) is 25.0 Å². The number of hydrogen-bond acceptors (Lipinski definition) is 3. The maximum absolute atomic E-state index is 12.7. The van der Waals surface area contributed by atoms with Crippen LogP contribution in [-0.2, 0) is 17.8 Å². The number of nitrogens with one attached hydrogen (secondary N) is 1. The molecule has 2 amide bonds. The maximum Gasteiger partial charge on any atom is 0.264 e. The summed E-state index contributed by atoms with van der Waals surface area (Å²) in [6.07, 6.45) is 1.93. The summed E-state index contributed by atoms with van der Waals surface area (Å²) >= 11 is 0. The van der Waals surface area contributed by atoms with Crippen molar-refractivity contribution in [1.29, 1.82) is 0 Å². The van der Waals surface area contributed by atoms with Gasteiger partial charge in [-0.3, -0.25) is 9.59 Å². The summed E-state index contributed by atoms with van der Waals surface area (Å²) in [5.41, 5.74) is 3.69. The van der Waals surface area contributed by atoms with Crippen LogP contribution in [0.4, 0.5) is 5.69 Å². The molecule has 5 nitrogen and oxygen atoms in total. The molecule has 5 heteroatoms. The highest BCUT2D eigenvalue weighted by atomic mass is 16.5. The van der Waals surface area contributed by atoms with E-state index in [1.165, 1.54) is 5.56 Å². The lowest BCUT2D eigenvalue weighted by Crippen LogP contribution is -2.38. The van der Waals surface area contributed by atoms with Crippen molar-refractivity contribution in [2.75, 3.05) is 18.1 Å². The Morgan fingerprint density at radius 3 is 2.60 bits per heavy atom. The highest BCUT2D eigenvalue weighted by Crippen LogP contribution is 2.26. The van der Waals surface area contributed by atoms with Gasteiger partial charge in [0.15, 0.2) is 6.61 Å². The van der Waals surface area contributed by atoms with Crippen molar-refractivity contribution in [1.82, 2.24) is 5.32 Å². The minimum atomic E-state index is -0.180. The molecular formula is C25H24N2O3. The van der Waals surface area contributed by atoms with E-state index in [2.05, 4.69) is 11.4 Å². The Bertz CT molecular complexity index is 1030. The standard InChI is InChI=1S/C25H24N2O3/c28-24(27-15-7-12-20-10-4-5-14-23(20)27)18-30-22-13-6-11-21(16-22)25(29)26-17-19-8-2-1-3-9-19/h1-6,8-11,13-14,16H,7,12,15,17-18H2,(H,26,29). The number of anilines is 1. The summed E-state index contributed by atoms with van der Waals surface area (Å²) in [5, 5.41) is 2.90. The van der Waals surface area contributed by atoms with E-state index in [9.17, 15) is 9.59 Å². The Kier molecular flexibility index (Phi) is 6.09. The third-order valence-corrected chi connectivity index (χ3v) is 5.17. The minimum absolute atomic E-state index is 0.0660. The molecule has 0 atom stereocenters. The van der Waals surface area contributed by atoms with Crippen LogP contribution in [0.3, 0.4) is 0 Å². The predicted octanol–water partition coefficient (Wildman–Crippen LogP) is 3.97. The number of nitrogens with zero attached hydrogens (tertiary/aromatic N) is 1. The van der Waals surface area contributed by atoms with Gasteiger partial charge in [0.05, 0.1) is 0 Å². The highest BCUT2D eigenvalue weighted by Gasteiger charge is 2.22. The van der Waals surface area contributed by atoms with E-state index in [1.54, 1.807) is 29.2 Å². The number of benzene rings is 3. The predicted molar refractivity (Wildman–Crippen MR) is 117 cm³/mol. The van der Waals surface area contributed by atoms with Gasteiger partial charge in [-0.05, 0) is 48.2 Å². The number of carbonyl (C=O) groups excluding carboxylic acids is 2. The number of aryl methyl sites for hydroxylation is 1. The molecule has 1 aliphatic rings. The monoisotopic (exact) mass is 400 g/mol. The van der Waals surface area contributed by atoms with Crippen molar-refractivity contribution >= 4 is 17.5 Å². The van der Waals surface area contributed by atoms with Crippen molar-refractivity contribution in [3.8, 4) is 5.75 Å². The third-order valence-electron chi connectivity index (χ3n) is 5.17. The Balaban J connectivity index is 1.35. The van der Waals surface area contributed by atoms with Crippen molar-refractivity contribution in [2.24, 2.45) is 0 Å². The van der Waals surface area contributed by atoms with Crippen molar-refractivity contribution in [3.63, 3.8) is 0 Å². The molecule has 0 saturated heterocycles. The Morgan fingerprint density at radius 1 is 0.933 bits per heavy atom. The SMILES string of the molecule is O=C(NCc1ccccc1)c1cccc(OCC(=O)N2CCCc3ccccc32)c1. The minimum Gasteiger partial charge on any atom is -0.484 e. The summed E-state index contributed by atoms with van der Waals surface area (Å²) in [4.78, 5) is 27.0. The summed E-state index contributed by atoms with van der Waals surface area (Å²) in [6.45, 7) is 1.09. The van der Waals surface area contributed by atoms with Crippen LogP contribution in [0, 0.1) is 0 Å². The lowest BCUT2D eigenvalue weighted by molar-refractivity contribution is -0.120. The first-order valence-electron chi connectivity index (χ1n) is 10.1. The number of amides is 2.